The summed E-state index contributed by atoms with van der Waals surface area (Å²) in [4.78, 5) is 55.6. The molecular weight excluding hydrogens is 472 g/mol. The molecule has 0 aliphatic heterocycles. The molecule has 0 spiro atoms. The first-order valence-electron chi connectivity index (χ1n) is 11.2. The number of H-pyrrole nitrogens is 1. The van der Waals surface area contributed by atoms with Crippen molar-refractivity contribution < 1.29 is 29.4 Å². The zero-order valence-electron chi connectivity index (χ0n) is 19.6. The summed E-state index contributed by atoms with van der Waals surface area (Å²) >= 11 is 0. The number of carboxylic acid groups (broad SMARTS) is 1. The third-order valence-corrected chi connectivity index (χ3v) is 5.28. The number of hydrogen-bond acceptors (Lipinski definition) is 7. The molecule has 14 nitrogen and oxygen atoms in total. The van der Waals surface area contributed by atoms with Crippen molar-refractivity contribution in [3.05, 3.63) is 36.0 Å². The second-order valence-corrected chi connectivity index (χ2v) is 8.04. The maximum atomic E-state index is 12.8. The van der Waals surface area contributed by atoms with Gasteiger partial charge < -0.3 is 48.3 Å². The van der Waals surface area contributed by atoms with E-state index < -0.39 is 55.0 Å². The maximum Gasteiger partial charge on any atom is 0.328 e. The molecule has 196 valence electrons. The Morgan fingerprint density at radius 3 is 2.44 bits per heavy atom. The van der Waals surface area contributed by atoms with Crippen LogP contribution in [0, 0.1) is 0 Å². The number of hydrogen-bond donors (Lipinski definition) is 9. The van der Waals surface area contributed by atoms with Gasteiger partial charge in [-0.1, -0.05) is 18.2 Å². The summed E-state index contributed by atoms with van der Waals surface area (Å²) in [5, 5.41) is 26.3. The molecule has 0 radical (unpaired) electrons. The van der Waals surface area contributed by atoms with Gasteiger partial charge >= 0.3 is 5.97 Å². The van der Waals surface area contributed by atoms with Gasteiger partial charge in [-0.05, 0) is 24.5 Å². The Morgan fingerprint density at radius 2 is 1.78 bits per heavy atom. The number of carbonyl (C=O) groups excluding carboxylic acids is 3. The lowest BCUT2D eigenvalue weighted by molar-refractivity contribution is -0.143. The molecule has 0 saturated carbocycles. The van der Waals surface area contributed by atoms with Gasteiger partial charge in [-0.25, -0.2) is 4.79 Å². The van der Waals surface area contributed by atoms with E-state index in [1.165, 1.54) is 0 Å². The van der Waals surface area contributed by atoms with Crippen LogP contribution >= 0.6 is 0 Å². The zero-order valence-corrected chi connectivity index (χ0v) is 19.6. The van der Waals surface area contributed by atoms with Crippen LogP contribution in [-0.2, 0) is 25.6 Å². The standard InChI is InChI=1S/C22H32N8O6/c23-14(5-3-7-26-22(24)25)19(33)28-10-18(32)29-16(20(34)30-17(11-31)21(35)36)8-12-9-27-15-6-2-1-4-13(12)15/h1-2,4,6,9,14,16-17,27,31H,3,5,7-8,10-11,23H2,(H,28,33)(H,29,32)(H,30,34)(H,35,36)(H4,24,25,26). The van der Waals surface area contributed by atoms with Crippen molar-refractivity contribution in [2.24, 2.45) is 22.2 Å². The summed E-state index contributed by atoms with van der Waals surface area (Å²) in [6, 6.07) is 3.71. The van der Waals surface area contributed by atoms with Crippen molar-refractivity contribution in [2.75, 3.05) is 19.7 Å². The molecule has 1 aromatic heterocycles. The average molecular weight is 505 g/mol. The molecule has 3 atom stereocenters. The second-order valence-electron chi connectivity index (χ2n) is 8.04. The molecule has 2 rings (SSSR count). The summed E-state index contributed by atoms with van der Waals surface area (Å²) in [5.74, 6) is -3.56. The summed E-state index contributed by atoms with van der Waals surface area (Å²) in [6.07, 6.45) is 2.45. The first-order valence-corrected chi connectivity index (χ1v) is 11.2. The van der Waals surface area contributed by atoms with Gasteiger partial charge in [0.05, 0.1) is 19.2 Å². The van der Waals surface area contributed by atoms with E-state index in [4.69, 9.17) is 22.3 Å². The molecule has 36 heavy (non-hydrogen) atoms. The van der Waals surface area contributed by atoms with E-state index in [-0.39, 0.29) is 18.8 Å². The lowest BCUT2D eigenvalue weighted by atomic mass is 10.0. The van der Waals surface area contributed by atoms with E-state index >= 15 is 0 Å². The monoisotopic (exact) mass is 504 g/mol. The molecule has 0 aliphatic rings. The van der Waals surface area contributed by atoms with Gasteiger partial charge in [-0.2, -0.15) is 0 Å². The van der Waals surface area contributed by atoms with Crippen molar-refractivity contribution in [3.8, 4) is 0 Å². The molecule has 1 heterocycles. The molecule has 0 bridgehead atoms. The van der Waals surface area contributed by atoms with Crippen LogP contribution in [0.15, 0.2) is 35.5 Å². The third-order valence-electron chi connectivity index (χ3n) is 5.28. The predicted octanol–water partition coefficient (Wildman–Crippen LogP) is -2.75. The highest BCUT2D eigenvalue weighted by Gasteiger charge is 2.27. The summed E-state index contributed by atoms with van der Waals surface area (Å²) in [7, 11) is 0. The Hall–Kier alpha value is -4.17. The second kappa shape index (κ2) is 13.7. The number of aromatic nitrogens is 1. The number of carbonyl (C=O) groups is 4. The van der Waals surface area contributed by atoms with Crippen molar-refractivity contribution in [1.29, 1.82) is 0 Å². The molecular formula is C22H32N8O6. The van der Waals surface area contributed by atoms with Gasteiger partial charge in [-0.15, -0.1) is 0 Å². The number of carboxylic acids is 1. The molecule has 0 saturated heterocycles. The van der Waals surface area contributed by atoms with Gasteiger partial charge in [0.25, 0.3) is 0 Å². The normalized spacial score (nSPS) is 13.3. The van der Waals surface area contributed by atoms with Crippen LogP contribution in [0.25, 0.3) is 10.9 Å². The number of aliphatic imine (C=N–C) groups is 1. The summed E-state index contributed by atoms with van der Waals surface area (Å²) in [6.45, 7) is -0.980. The highest BCUT2D eigenvalue weighted by molar-refractivity contribution is 5.93. The largest absolute Gasteiger partial charge is 0.480 e. The topological polar surface area (TPSA) is 251 Å². The fourth-order valence-corrected chi connectivity index (χ4v) is 3.38. The van der Waals surface area contributed by atoms with Gasteiger partial charge in [0, 0.05) is 30.1 Å². The van der Waals surface area contributed by atoms with Crippen LogP contribution < -0.4 is 33.2 Å². The number of aliphatic hydroxyl groups excluding tert-OH is 1. The first-order chi connectivity index (χ1) is 17.1. The smallest absolute Gasteiger partial charge is 0.328 e. The van der Waals surface area contributed by atoms with E-state index in [0.29, 0.717) is 18.5 Å². The number of aliphatic carboxylic acids is 1. The minimum Gasteiger partial charge on any atom is -0.480 e. The van der Waals surface area contributed by atoms with E-state index in [2.05, 4.69) is 25.9 Å². The van der Waals surface area contributed by atoms with Crippen LogP contribution in [0.1, 0.15) is 18.4 Å². The predicted molar refractivity (Wildman–Crippen MR) is 131 cm³/mol. The summed E-state index contributed by atoms with van der Waals surface area (Å²) < 4.78 is 0. The molecule has 1 aromatic carbocycles. The van der Waals surface area contributed by atoms with Crippen molar-refractivity contribution >= 4 is 40.6 Å². The van der Waals surface area contributed by atoms with Crippen LogP contribution in [-0.4, -0.2) is 82.7 Å². The molecule has 2 aromatic rings. The SMILES string of the molecule is NC(N)=NCCCC(N)C(=O)NCC(=O)NC(Cc1c[nH]c2ccccc12)C(=O)NC(CO)C(=O)O. The van der Waals surface area contributed by atoms with E-state index in [9.17, 15) is 24.3 Å². The number of amides is 3. The fourth-order valence-electron chi connectivity index (χ4n) is 3.38. The number of nitrogens with two attached hydrogens (primary N) is 3. The lowest BCUT2D eigenvalue weighted by Crippen LogP contribution is -2.55. The number of aliphatic hydroxyl groups is 1. The maximum absolute atomic E-state index is 12.8. The van der Waals surface area contributed by atoms with Crippen molar-refractivity contribution in [3.63, 3.8) is 0 Å². The van der Waals surface area contributed by atoms with Crippen LogP contribution in [0.4, 0.5) is 0 Å². The fraction of sp³-hybridized carbons (Fsp3) is 0.409. The Morgan fingerprint density at radius 1 is 1.06 bits per heavy atom. The Labute approximate surface area is 206 Å². The average Bonchev–Trinajstić information content (AvgIpc) is 3.25. The minimum atomic E-state index is -1.54. The van der Waals surface area contributed by atoms with Crippen molar-refractivity contribution in [1.82, 2.24) is 20.9 Å². The number of rotatable bonds is 14. The van der Waals surface area contributed by atoms with Crippen molar-refractivity contribution in [2.45, 2.75) is 37.4 Å². The van der Waals surface area contributed by atoms with Crippen LogP contribution in [0.5, 0.6) is 0 Å². The Balaban J connectivity index is 2.02. The Bertz CT molecular complexity index is 1100. The quantitative estimate of drug-likeness (QED) is 0.0733. The van der Waals surface area contributed by atoms with Gasteiger partial charge in [0.15, 0.2) is 5.96 Å². The summed E-state index contributed by atoms with van der Waals surface area (Å²) in [5.41, 5.74) is 17.8. The minimum absolute atomic E-state index is 0.0254. The Kier molecular flexibility index (Phi) is 10.6. The molecule has 14 heteroatoms. The molecule has 0 aliphatic carbocycles. The molecule has 0 fully saturated rings. The number of nitrogens with zero attached hydrogens (tertiary/aromatic N) is 1. The van der Waals surface area contributed by atoms with Gasteiger partial charge in [0.2, 0.25) is 17.7 Å². The molecule has 12 N–H and O–H groups in total. The van der Waals surface area contributed by atoms with Gasteiger partial charge in [0.1, 0.15) is 12.1 Å². The lowest BCUT2D eigenvalue weighted by Gasteiger charge is -2.21. The molecule has 3 unspecified atom stereocenters. The van der Waals surface area contributed by atoms with Gasteiger partial charge in [-0.3, -0.25) is 19.4 Å². The van der Waals surface area contributed by atoms with Crippen LogP contribution in [0.2, 0.25) is 0 Å². The number of nitrogens with one attached hydrogen (secondary N) is 4. The highest BCUT2D eigenvalue weighted by atomic mass is 16.4. The van der Waals surface area contributed by atoms with E-state index in [1.54, 1.807) is 6.20 Å². The zero-order chi connectivity index (χ0) is 26.7. The number of fused-ring (bicyclic) bond motifs is 1. The third kappa shape index (κ3) is 8.56. The van der Waals surface area contributed by atoms with Crippen LogP contribution in [0.3, 0.4) is 0 Å². The number of aromatic amines is 1. The number of guanidine groups is 1. The molecule has 3 amide bonds. The number of benzene rings is 1. The number of para-hydroxylation sites is 1. The first kappa shape index (κ1) is 28.1. The van der Waals surface area contributed by atoms with E-state index in [0.717, 1.165) is 10.9 Å². The van der Waals surface area contributed by atoms with E-state index in [1.807, 2.05) is 24.3 Å². The highest BCUT2D eigenvalue weighted by Crippen LogP contribution is 2.19.